The van der Waals surface area contributed by atoms with Gasteiger partial charge in [0.15, 0.2) is 0 Å². The van der Waals surface area contributed by atoms with Gasteiger partial charge in [-0.15, -0.1) is 6.58 Å². The maximum absolute atomic E-state index is 11.3. The Hall–Kier alpha value is -1.32. The van der Waals surface area contributed by atoms with E-state index in [9.17, 15) is 9.59 Å². The third-order valence-corrected chi connectivity index (χ3v) is 2.72. The lowest BCUT2D eigenvalue weighted by atomic mass is 9.86. The van der Waals surface area contributed by atoms with Crippen molar-refractivity contribution in [3.05, 3.63) is 12.7 Å². The molecule has 84 valence electrons. The van der Waals surface area contributed by atoms with Gasteiger partial charge in [-0.05, 0) is 19.3 Å². The maximum atomic E-state index is 11.3. The minimum Gasteiger partial charge on any atom is -0.481 e. The monoisotopic (exact) mass is 211 g/mol. The Morgan fingerprint density at radius 3 is 2.80 bits per heavy atom. The van der Waals surface area contributed by atoms with Gasteiger partial charge in [0.2, 0.25) is 5.91 Å². The number of carboxylic acids is 1. The van der Waals surface area contributed by atoms with E-state index in [-0.39, 0.29) is 17.9 Å². The van der Waals surface area contributed by atoms with Gasteiger partial charge >= 0.3 is 5.97 Å². The molecule has 0 aromatic rings. The van der Waals surface area contributed by atoms with Crippen molar-refractivity contribution in [3.63, 3.8) is 0 Å². The van der Waals surface area contributed by atoms with Gasteiger partial charge in [-0.25, -0.2) is 0 Å². The molecule has 0 spiro atoms. The average Bonchev–Trinajstić information content (AvgIpc) is 2.18. The molecule has 1 rings (SSSR count). The largest absolute Gasteiger partial charge is 0.481 e. The highest BCUT2D eigenvalue weighted by Gasteiger charge is 2.27. The van der Waals surface area contributed by atoms with Crippen molar-refractivity contribution >= 4 is 11.9 Å². The number of carbonyl (C=O) groups excluding carboxylic acids is 1. The fraction of sp³-hybridized carbons (Fsp3) is 0.636. The van der Waals surface area contributed by atoms with Crippen LogP contribution in [0.15, 0.2) is 12.7 Å². The van der Waals surface area contributed by atoms with Crippen molar-refractivity contribution in [1.82, 2.24) is 5.32 Å². The van der Waals surface area contributed by atoms with Gasteiger partial charge in [-0.1, -0.05) is 12.5 Å². The van der Waals surface area contributed by atoms with Crippen LogP contribution in [-0.4, -0.2) is 23.0 Å². The second kappa shape index (κ2) is 5.53. The maximum Gasteiger partial charge on any atom is 0.306 e. The Balaban J connectivity index is 2.39. The second-order valence-electron chi connectivity index (χ2n) is 3.96. The topological polar surface area (TPSA) is 66.4 Å². The predicted octanol–water partition coefficient (Wildman–Crippen LogP) is 1.32. The zero-order valence-electron chi connectivity index (χ0n) is 8.74. The Morgan fingerprint density at radius 2 is 2.20 bits per heavy atom. The van der Waals surface area contributed by atoms with Crippen LogP contribution in [0.4, 0.5) is 0 Å². The summed E-state index contributed by atoms with van der Waals surface area (Å²) in [7, 11) is 0. The number of carbonyl (C=O) groups is 2. The van der Waals surface area contributed by atoms with Gasteiger partial charge < -0.3 is 10.4 Å². The van der Waals surface area contributed by atoms with E-state index in [1.165, 1.54) is 0 Å². The molecule has 4 heteroatoms. The Bertz CT molecular complexity index is 263. The van der Waals surface area contributed by atoms with E-state index in [0.717, 1.165) is 19.3 Å². The van der Waals surface area contributed by atoms with Crippen LogP contribution in [0.1, 0.15) is 32.1 Å². The first-order valence-electron chi connectivity index (χ1n) is 5.26. The fourth-order valence-electron chi connectivity index (χ4n) is 1.96. The van der Waals surface area contributed by atoms with Crippen molar-refractivity contribution in [2.45, 2.75) is 38.1 Å². The molecule has 0 aromatic heterocycles. The minimum atomic E-state index is -0.752. The van der Waals surface area contributed by atoms with Crippen LogP contribution in [0.25, 0.3) is 0 Å². The second-order valence-corrected chi connectivity index (χ2v) is 3.96. The zero-order valence-corrected chi connectivity index (χ0v) is 8.74. The van der Waals surface area contributed by atoms with Crippen LogP contribution in [0, 0.1) is 5.92 Å². The summed E-state index contributed by atoms with van der Waals surface area (Å²) in [5.74, 6) is -1.12. The van der Waals surface area contributed by atoms with Gasteiger partial charge in [0.05, 0.1) is 5.92 Å². The van der Waals surface area contributed by atoms with E-state index < -0.39 is 5.97 Å². The standard InChI is InChI=1S/C11H17NO3/c1-2-4-10(13)12-9-6-3-5-8(7-9)11(14)15/h2,8-9H,1,3-7H2,(H,12,13)(H,14,15). The molecule has 2 atom stereocenters. The summed E-state index contributed by atoms with van der Waals surface area (Å²) in [5.41, 5.74) is 0. The van der Waals surface area contributed by atoms with E-state index in [0.29, 0.717) is 12.8 Å². The first-order valence-corrected chi connectivity index (χ1v) is 5.26. The van der Waals surface area contributed by atoms with Crippen LogP contribution in [0.5, 0.6) is 0 Å². The molecule has 15 heavy (non-hydrogen) atoms. The first kappa shape index (κ1) is 11.8. The van der Waals surface area contributed by atoms with Gasteiger partial charge in [0.25, 0.3) is 0 Å². The third kappa shape index (κ3) is 3.73. The van der Waals surface area contributed by atoms with Crippen LogP contribution < -0.4 is 5.32 Å². The highest BCUT2D eigenvalue weighted by Crippen LogP contribution is 2.24. The first-order chi connectivity index (χ1) is 7.13. The summed E-state index contributed by atoms with van der Waals surface area (Å²) in [6, 6.07) is 0.0206. The minimum absolute atomic E-state index is 0.0206. The lowest BCUT2D eigenvalue weighted by Gasteiger charge is -2.27. The summed E-state index contributed by atoms with van der Waals surface area (Å²) < 4.78 is 0. The van der Waals surface area contributed by atoms with Crippen LogP contribution in [-0.2, 0) is 9.59 Å². The summed E-state index contributed by atoms with van der Waals surface area (Å²) in [6.07, 6.45) is 4.88. The normalized spacial score (nSPS) is 25.6. The molecule has 0 heterocycles. The van der Waals surface area contributed by atoms with Crippen molar-refractivity contribution < 1.29 is 14.7 Å². The molecular weight excluding hydrogens is 194 g/mol. The number of nitrogens with one attached hydrogen (secondary N) is 1. The molecule has 0 bridgehead atoms. The molecule has 0 saturated heterocycles. The fourth-order valence-corrected chi connectivity index (χ4v) is 1.96. The molecule has 1 fully saturated rings. The number of carboxylic acid groups (broad SMARTS) is 1. The Morgan fingerprint density at radius 1 is 1.47 bits per heavy atom. The molecule has 4 nitrogen and oxygen atoms in total. The number of hydrogen-bond donors (Lipinski definition) is 2. The summed E-state index contributed by atoms with van der Waals surface area (Å²) in [4.78, 5) is 22.0. The van der Waals surface area contributed by atoms with Crippen molar-refractivity contribution in [2.24, 2.45) is 5.92 Å². The van der Waals surface area contributed by atoms with E-state index in [1.54, 1.807) is 6.08 Å². The molecule has 1 aliphatic carbocycles. The van der Waals surface area contributed by atoms with Crippen LogP contribution >= 0.6 is 0 Å². The molecule has 0 aliphatic heterocycles. The van der Waals surface area contributed by atoms with Crippen LogP contribution in [0.3, 0.4) is 0 Å². The molecule has 2 unspecified atom stereocenters. The zero-order chi connectivity index (χ0) is 11.3. The predicted molar refractivity (Wildman–Crippen MR) is 56.3 cm³/mol. The quantitative estimate of drug-likeness (QED) is 0.689. The lowest BCUT2D eigenvalue weighted by Crippen LogP contribution is -2.39. The molecule has 1 aliphatic rings. The number of rotatable bonds is 4. The molecule has 0 aromatic carbocycles. The number of hydrogen-bond acceptors (Lipinski definition) is 2. The molecule has 2 N–H and O–H groups in total. The number of amides is 1. The molecule has 1 saturated carbocycles. The van der Waals surface area contributed by atoms with Gasteiger partial charge in [-0.3, -0.25) is 9.59 Å². The van der Waals surface area contributed by atoms with E-state index in [4.69, 9.17) is 5.11 Å². The molecule has 1 amide bonds. The smallest absolute Gasteiger partial charge is 0.306 e. The van der Waals surface area contributed by atoms with E-state index in [1.807, 2.05) is 0 Å². The summed E-state index contributed by atoms with van der Waals surface area (Å²) in [6.45, 7) is 3.48. The van der Waals surface area contributed by atoms with E-state index in [2.05, 4.69) is 11.9 Å². The van der Waals surface area contributed by atoms with Gasteiger partial charge in [0.1, 0.15) is 0 Å². The average molecular weight is 211 g/mol. The molecule has 0 radical (unpaired) electrons. The highest BCUT2D eigenvalue weighted by molar-refractivity contribution is 5.77. The number of aliphatic carboxylic acids is 1. The van der Waals surface area contributed by atoms with Crippen molar-refractivity contribution in [2.75, 3.05) is 0 Å². The molecular formula is C11H17NO3. The third-order valence-electron chi connectivity index (χ3n) is 2.72. The van der Waals surface area contributed by atoms with E-state index >= 15 is 0 Å². The van der Waals surface area contributed by atoms with Crippen molar-refractivity contribution in [3.8, 4) is 0 Å². The highest BCUT2D eigenvalue weighted by atomic mass is 16.4. The summed E-state index contributed by atoms with van der Waals surface area (Å²) >= 11 is 0. The SMILES string of the molecule is C=CCC(=O)NC1CCCC(C(=O)O)C1. The Labute approximate surface area is 89.4 Å². The van der Waals surface area contributed by atoms with Gasteiger partial charge in [-0.2, -0.15) is 0 Å². The van der Waals surface area contributed by atoms with Gasteiger partial charge in [0, 0.05) is 12.5 Å². The van der Waals surface area contributed by atoms with Crippen LogP contribution in [0.2, 0.25) is 0 Å². The summed E-state index contributed by atoms with van der Waals surface area (Å²) in [5, 5.41) is 11.7. The van der Waals surface area contributed by atoms with Crippen molar-refractivity contribution in [1.29, 1.82) is 0 Å². The lowest BCUT2D eigenvalue weighted by molar-refractivity contribution is -0.143. The Kier molecular flexibility index (Phi) is 4.34.